The van der Waals surface area contributed by atoms with Crippen molar-refractivity contribution in [1.29, 1.82) is 0 Å². The molecule has 0 aliphatic carbocycles. The molecule has 7 nitrogen and oxygen atoms in total. The number of anilines is 1. The third-order valence-corrected chi connectivity index (χ3v) is 7.42. The number of rotatable bonds is 6. The van der Waals surface area contributed by atoms with Crippen LogP contribution in [0.25, 0.3) is 22.5 Å². The molecule has 10 heteroatoms. The number of halogens is 3. The normalized spacial score (nSPS) is 15.2. The first-order chi connectivity index (χ1) is 19.1. The van der Waals surface area contributed by atoms with Crippen LogP contribution in [0.5, 0.6) is 0 Å². The number of pyridine rings is 1. The molecule has 1 saturated heterocycles. The minimum atomic E-state index is -4.49. The lowest BCUT2D eigenvalue weighted by molar-refractivity contribution is -0.137. The first kappa shape index (κ1) is 27.2. The highest BCUT2D eigenvalue weighted by molar-refractivity contribution is 5.80. The summed E-state index contributed by atoms with van der Waals surface area (Å²) in [5, 5.41) is 12.8. The van der Waals surface area contributed by atoms with Gasteiger partial charge in [0.1, 0.15) is 11.6 Å². The number of alkyl halides is 3. The lowest BCUT2D eigenvalue weighted by Gasteiger charge is -2.29. The Bertz CT molecular complexity index is 1490. The molecule has 1 aliphatic heterocycles. The maximum absolute atomic E-state index is 13.6. The zero-order valence-electron chi connectivity index (χ0n) is 22.2. The number of aromatic nitrogens is 3. The summed E-state index contributed by atoms with van der Waals surface area (Å²) in [6.45, 7) is 2.78. The SMILES string of the molecule is C[C@H](Nc1cc(-c2c(-c3cccc(C(F)(F)F)c3)nc(C3CCN(C(=O)O)CC3)n2C)ccn1)c1ccccc1. The predicted octanol–water partition coefficient (Wildman–Crippen LogP) is 7.20. The van der Waals surface area contributed by atoms with Crippen molar-refractivity contribution in [2.24, 2.45) is 7.05 Å². The van der Waals surface area contributed by atoms with Crippen molar-refractivity contribution in [3.8, 4) is 22.5 Å². The average Bonchev–Trinajstić information content (AvgIpc) is 3.30. The number of likely N-dealkylation sites (tertiary alicyclic amines) is 1. The number of carboxylic acid groups (broad SMARTS) is 1. The monoisotopic (exact) mass is 549 g/mol. The van der Waals surface area contributed by atoms with Gasteiger partial charge < -0.3 is 19.9 Å². The van der Waals surface area contributed by atoms with Crippen molar-refractivity contribution < 1.29 is 23.1 Å². The summed E-state index contributed by atoms with van der Waals surface area (Å²) >= 11 is 0. The van der Waals surface area contributed by atoms with Gasteiger partial charge in [-0.05, 0) is 49.6 Å². The van der Waals surface area contributed by atoms with E-state index in [4.69, 9.17) is 4.98 Å². The van der Waals surface area contributed by atoms with Crippen molar-refractivity contribution in [2.45, 2.75) is 37.9 Å². The van der Waals surface area contributed by atoms with E-state index in [0.717, 1.165) is 29.1 Å². The number of amides is 1. The number of nitrogens with one attached hydrogen (secondary N) is 1. The van der Waals surface area contributed by atoms with Crippen LogP contribution < -0.4 is 5.32 Å². The zero-order valence-corrected chi connectivity index (χ0v) is 22.2. The highest BCUT2D eigenvalue weighted by atomic mass is 19.4. The van der Waals surface area contributed by atoms with Gasteiger partial charge in [0.2, 0.25) is 0 Å². The number of carbonyl (C=O) groups is 1. The fraction of sp³-hybridized carbons (Fsp3) is 0.300. The second kappa shape index (κ2) is 11.0. The van der Waals surface area contributed by atoms with E-state index in [2.05, 4.69) is 10.3 Å². The number of piperidine rings is 1. The van der Waals surface area contributed by atoms with Crippen LogP contribution in [0.1, 0.15) is 48.7 Å². The van der Waals surface area contributed by atoms with Crippen LogP contribution in [-0.4, -0.2) is 43.7 Å². The fourth-order valence-corrected chi connectivity index (χ4v) is 5.29. The lowest BCUT2D eigenvalue weighted by Crippen LogP contribution is -2.37. The molecule has 3 heterocycles. The molecule has 0 bridgehead atoms. The van der Waals surface area contributed by atoms with Crippen LogP contribution >= 0.6 is 0 Å². The molecule has 5 rings (SSSR count). The van der Waals surface area contributed by atoms with Crippen molar-refractivity contribution in [3.63, 3.8) is 0 Å². The summed E-state index contributed by atoms with van der Waals surface area (Å²) in [6.07, 6.45) is -2.61. The van der Waals surface area contributed by atoms with Crippen LogP contribution in [0, 0.1) is 0 Å². The Kier molecular flexibility index (Phi) is 7.51. The van der Waals surface area contributed by atoms with Gasteiger partial charge in [0, 0.05) is 49.4 Å². The third kappa shape index (κ3) is 5.66. The summed E-state index contributed by atoms with van der Waals surface area (Å²) in [6, 6.07) is 18.8. The van der Waals surface area contributed by atoms with E-state index in [1.54, 1.807) is 12.3 Å². The Labute approximate surface area is 230 Å². The third-order valence-electron chi connectivity index (χ3n) is 7.42. The van der Waals surface area contributed by atoms with Gasteiger partial charge in [0.15, 0.2) is 0 Å². The Morgan fingerprint density at radius 3 is 2.42 bits per heavy atom. The van der Waals surface area contributed by atoms with Gasteiger partial charge in [-0.15, -0.1) is 0 Å². The molecular formula is C30H30F3N5O2. The van der Waals surface area contributed by atoms with Crippen LogP contribution in [0.3, 0.4) is 0 Å². The van der Waals surface area contributed by atoms with E-state index in [0.29, 0.717) is 48.7 Å². The first-order valence-corrected chi connectivity index (χ1v) is 13.1. The quantitative estimate of drug-likeness (QED) is 0.266. The smallest absolute Gasteiger partial charge is 0.416 e. The van der Waals surface area contributed by atoms with Crippen molar-refractivity contribution in [1.82, 2.24) is 19.4 Å². The summed E-state index contributed by atoms with van der Waals surface area (Å²) in [7, 11) is 1.86. The minimum Gasteiger partial charge on any atom is -0.465 e. The van der Waals surface area contributed by atoms with Gasteiger partial charge in [-0.3, -0.25) is 0 Å². The standard InChI is InChI=1S/C30H30F3N5O2/c1-19(20-7-4-3-5-8-20)35-25-18-23(11-14-34-25)27-26(22-9-6-10-24(17-22)30(31,32)33)36-28(37(27)2)21-12-15-38(16-13-21)29(39)40/h3-11,14,17-19,21H,12-13,15-16H2,1-2H3,(H,34,35)(H,39,40)/t19-/m0/s1. The fourth-order valence-electron chi connectivity index (χ4n) is 5.29. The van der Waals surface area contributed by atoms with E-state index in [-0.39, 0.29) is 12.0 Å². The second-order valence-corrected chi connectivity index (χ2v) is 10.1. The molecule has 2 N–H and O–H groups in total. The minimum absolute atomic E-state index is 0.0200. The maximum atomic E-state index is 13.6. The highest BCUT2D eigenvalue weighted by Crippen LogP contribution is 2.39. The predicted molar refractivity (Wildman–Crippen MR) is 147 cm³/mol. The van der Waals surface area contributed by atoms with E-state index >= 15 is 0 Å². The van der Waals surface area contributed by atoms with Crippen molar-refractivity contribution >= 4 is 11.9 Å². The number of benzene rings is 2. The molecule has 1 fully saturated rings. The van der Waals surface area contributed by atoms with Crippen LogP contribution in [0.15, 0.2) is 72.9 Å². The molecule has 0 radical (unpaired) electrons. The first-order valence-electron chi connectivity index (χ1n) is 13.1. The number of hydrogen-bond donors (Lipinski definition) is 2. The van der Waals surface area contributed by atoms with E-state index < -0.39 is 17.8 Å². The van der Waals surface area contributed by atoms with Crippen molar-refractivity contribution in [3.05, 3.63) is 89.9 Å². The van der Waals surface area contributed by atoms with E-state index in [9.17, 15) is 23.1 Å². The highest BCUT2D eigenvalue weighted by Gasteiger charge is 2.32. The molecular weight excluding hydrogens is 519 g/mol. The molecule has 1 amide bonds. The largest absolute Gasteiger partial charge is 0.465 e. The summed E-state index contributed by atoms with van der Waals surface area (Å²) in [5.41, 5.74) is 2.58. The Hall–Kier alpha value is -4.34. The number of hydrogen-bond acceptors (Lipinski definition) is 4. The zero-order chi connectivity index (χ0) is 28.4. The maximum Gasteiger partial charge on any atom is 0.416 e. The van der Waals surface area contributed by atoms with Crippen LogP contribution in [0.2, 0.25) is 0 Å². The van der Waals surface area contributed by atoms with Gasteiger partial charge in [-0.25, -0.2) is 14.8 Å². The van der Waals surface area contributed by atoms with Gasteiger partial charge in [0.05, 0.1) is 17.0 Å². The summed E-state index contributed by atoms with van der Waals surface area (Å²) in [5.74, 6) is 1.31. The Morgan fingerprint density at radius 1 is 1.02 bits per heavy atom. The van der Waals surface area contributed by atoms with Crippen LogP contribution in [0.4, 0.5) is 23.8 Å². The van der Waals surface area contributed by atoms with Gasteiger partial charge >= 0.3 is 12.3 Å². The molecule has 1 atom stereocenters. The number of imidazole rings is 1. The molecule has 2 aromatic carbocycles. The molecule has 0 unspecified atom stereocenters. The van der Waals surface area contributed by atoms with Gasteiger partial charge in [-0.2, -0.15) is 13.2 Å². The molecule has 2 aromatic heterocycles. The number of nitrogens with zero attached hydrogens (tertiary/aromatic N) is 4. The van der Waals surface area contributed by atoms with Crippen LogP contribution in [-0.2, 0) is 13.2 Å². The Balaban J connectivity index is 1.56. The molecule has 208 valence electrons. The van der Waals surface area contributed by atoms with Gasteiger partial charge in [0.25, 0.3) is 0 Å². The second-order valence-electron chi connectivity index (χ2n) is 10.1. The van der Waals surface area contributed by atoms with E-state index in [1.807, 2.05) is 61.0 Å². The molecule has 0 saturated carbocycles. The van der Waals surface area contributed by atoms with Crippen molar-refractivity contribution in [2.75, 3.05) is 18.4 Å². The molecule has 1 aliphatic rings. The topological polar surface area (TPSA) is 83.3 Å². The van der Waals surface area contributed by atoms with E-state index in [1.165, 1.54) is 11.0 Å². The molecule has 40 heavy (non-hydrogen) atoms. The average molecular weight is 550 g/mol. The lowest BCUT2D eigenvalue weighted by atomic mass is 9.96. The summed E-state index contributed by atoms with van der Waals surface area (Å²) in [4.78, 5) is 22.2. The molecule has 0 spiro atoms. The van der Waals surface area contributed by atoms with Gasteiger partial charge in [-0.1, -0.05) is 42.5 Å². The summed E-state index contributed by atoms with van der Waals surface area (Å²) < 4.78 is 42.7. The molecule has 4 aromatic rings. The Morgan fingerprint density at radius 2 is 1.75 bits per heavy atom.